The third-order valence-electron chi connectivity index (χ3n) is 4.86. The van der Waals surface area contributed by atoms with Crippen molar-refractivity contribution < 1.29 is 17.9 Å². The maximum atomic E-state index is 12.8. The molecule has 0 unspecified atom stereocenters. The van der Waals surface area contributed by atoms with Gasteiger partial charge in [0.05, 0.1) is 18.4 Å². The Morgan fingerprint density at radius 2 is 2.12 bits per heavy atom. The van der Waals surface area contributed by atoms with Crippen molar-refractivity contribution in [1.82, 2.24) is 24.2 Å². The zero-order chi connectivity index (χ0) is 19.1. The van der Waals surface area contributed by atoms with Gasteiger partial charge in [0.2, 0.25) is 5.88 Å². The van der Waals surface area contributed by atoms with E-state index in [-0.39, 0.29) is 5.92 Å². The monoisotopic (exact) mass is 371 g/mol. The fourth-order valence-electron chi connectivity index (χ4n) is 3.69. The molecule has 0 bridgehead atoms. The van der Waals surface area contributed by atoms with Gasteiger partial charge in [-0.1, -0.05) is 0 Å². The summed E-state index contributed by atoms with van der Waals surface area (Å²) in [6.07, 6.45) is -1.84. The van der Waals surface area contributed by atoms with Crippen LogP contribution in [-0.4, -0.2) is 44.9 Å². The maximum Gasteiger partial charge on any atom is 0.434 e. The van der Waals surface area contributed by atoms with Crippen molar-refractivity contribution in [2.45, 2.75) is 39.0 Å². The Bertz CT molecular complexity index is 780. The van der Waals surface area contributed by atoms with E-state index in [1.807, 2.05) is 21.0 Å². The number of halogens is 3. The number of nitrogens with zero attached hydrogens (tertiary/aromatic N) is 5. The van der Waals surface area contributed by atoms with Crippen LogP contribution in [0.25, 0.3) is 0 Å². The SMILES string of the molecule is COc1c(CN(C)C[C@@H]2CCc3nc(C(F)(F)F)cn3C2)c(C)nn1C. The number of ether oxygens (including phenoxy) is 1. The molecule has 3 heterocycles. The molecule has 144 valence electrons. The average Bonchev–Trinajstić information content (AvgIpc) is 3.08. The second-order valence-electron chi connectivity index (χ2n) is 6.99. The van der Waals surface area contributed by atoms with Crippen LogP contribution in [0, 0.1) is 12.8 Å². The van der Waals surface area contributed by atoms with Crippen molar-refractivity contribution >= 4 is 0 Å². The van der Waals surface area contributed by atoms with E-state index >= 15 is 0 Å². The van der Waals surface area contributed by atoms with Gasteiger partial charge >= 0.3 is 6.18 Å². The Hall–Kier alpha value is -2.03. The molecule has 0 aliphatic carbocycles. The van der Waals surface area contributed by atoms with Crippen LogP contribution in [0.3, 0.4) is 0 Å². The van der Waals surface area contributed by atoms with Gasteiger partial charge in [0.25, 0.3) is 0 Å². The molecule has 0 radical (unpaired) electrons. The van der Waals surface area contributed by atoms with Crippen molar-refractivity contribution in [3.05, 3.63) is 29.0 Å². The third kappa shape index (κ3) is 3.72. The summed E-state index contributed by atoms with van der Waals surface area (Å²) in [5, 5.41) is 4.38. The Balaban J connectivity index is 1.64. The molecule has 0 fully saturated rings. The number of methoxy groups -OCH3 is 1. The molecule has 0 spiro atoms. The Morgan fingerprint density at radius 3 is 2.77 bits per heavy atom. The predicted octanol–water partition coefficient (Wildman–Crippen LogP) is 2.65. The van der Waals surface area contributed by atoms with E-state index in [2.05, 4.69) is 15.0 Å². The summed E-state index contributed by atoms with van der Waals surface area (Å²) in [6, 6.07) is 0. The van der Waals surface area contributed by atoms with Crippen LogP contribution in [0.4, 0.5) is 13.2 Å². The van der Waals surface area contributed by atoms with E-state index in [9.17, 15) is 13.2 Å². The minimum absolute atomic E-state index is 0.283. The fraction of sp³-hybridized carbons (Fsp3) is 0.647. The smallest absolute Gasteiger partial charge is 0.434 e. The van der Waals surface area contributed by atoms with Gasteiger partial charge in [-0.15, -0.1) is 0 Å². The van der Waals surface area contributed by atoms with Crippen molar-refractivity contribution in [3.8, 4) is 5.88 Å². The Morgan fingerprint density at radius 1 is 1.38 bits per heavy atom. The molecule has 26 heavy (non-hydrogen) atoms. The highest BCUT2D eigenvalue weighted by molar-refractivity contribution is 5.30. The summed E-state index contributed by atoms with van der Waals surface area (Å²) < 4.78 is 47.3. The normalized spacial score (nSPS) is 17.6. The lowest BCUT2D eigenvalue weighted by atomic mass is 9.99. The number of hydrogen-bond donors (Lipinski definition) is 0. The molecule has 3 rings (SSSR count). The second-order valence-corrected chi connectivity index (χ2v) is 6.99. The van der Waals surface area contributed by atoms with E-state index in [1.54, 1.807) is 16.4 Å². The molecule has 2 aromatic rings. The first kappa shape index (κ1) is 18.8. The minimum Gasteiger partial charge on any atom is -0.481 e. The third-order valence-corrected chi connectivity index (χ3v) is 4.86. The van der Waals surface area contributed by atoms with E-state index in [4.69, 9.17) is 4.74 Å². The van der Waals surface area contributed by atoms with E-state index in [1.165, 1.54) is 0 Å². The Labute approximate surface area is 150 Å². The molecule has 1 atom stereocenters. The van der Waals surface area contributed by atoms with Crippen molar-refractivity contribution in [2.24, 2.45) is 13.0 Å². The minimum atomic E-state index is -4.38. The van der Waals surface area contributed by atoms with E-state index in [0.29, 0.717) is 25.3 Å². The van der Waals surface area contributed by atoms with Crippen LogP contribution in [0.1, 0.15) is 29.2 Å². The standard InChI is InChI=1S/C17H24F3N5O/c1-11-13(16(26-4)24(3)22-11)9-23(2)7-12-5-6-15-21-14(17(18,19)20)10-25(15)8-12/h10,12H,5-9H2,1-4H3/t12-/m0/s1. The lowest BCUT2D eigenvalue weighted by Gasteiger charge is -2.28. The number of hydrogen-bond acceptors (Lipinski definition) is 4. The van der Waals surface area contributed by atoms with Gasteiger partial charge < -0.3 is 14.2 Å². The summed E-state index contributed by atoms with van der Waals surface area (Å²) >= 11 is 0. The van der Waals surface area contributed by atoms with E-state index < -0.39 is 11.9 Å². The Kier molecular flexibility index (Phi) is 5.01. The zero-order valence-corrected chi connectivity index (χ0v) is 15.5. The van der Waals surface area contributed by atoms with Crippen LogP contribution < -0.4 is 4.74 Å². The van der Waals surface area contributed by atoms with Crippen LogP contribution in [0.2, 0.25) is 0 Å². The summed E-state index contributed by atoms with van der Waals surface area (Å²) in [4.78, 5) is 5.91. The van der Waals surface area contributed by atoms with Gasteiger partial charge in [0.1, 0.15) is 5.82 Å². The molecule has 6 nitrogen and oxygen atoms in total. The fourth-order valence-corrected chi connectivity index (χ4v) is 3.69. The number of fused-ring (bicyclic) bond motifs is 1. The van der Waals surface area contributed by atoms with Gasteiger partial charge in [-0.25, -0.2) is 9.67 Å². The zero-order valence-electron chi connectivity index (χ0n) is 15.5. The molecule has 0 saturated heterocycles. The molecule has 0 N–H and O–H groups in total. The largest absolute Gasteiger partial charge is 0.481 e. The van der Waals surface area contributed by atoms with Gasteiger partial charge in [-0.3, -0.25) is 0 Å². The van der Waals surface area contributed by atoms with Crippen LogP contribution >= 0.6 is 0 Å². The summed E-state index contributed by atoms with van der Waals surface area (Å²) in [6.45, 7) is 3.98. The molecule has 0 aromatic carbocycles. The molecule has 0 amide bonds. The van der Waals surface area contributed by atoms with Crippen LogP contribution in [0.5, 0.6) is 5.88 Å². The molecule has 2 aromatic heterocycles. The first-order valence-corrected chi connectivity index (χ1v) is 8.57. The summed E-state index contributed by atoms with van der Waals surface area (Å²) in [5.74, 6) is 1.55. The van der Waals surface area contributed by atoms with Crippen LogP contribution in [0.15, 0.2) is 6.20 Å². The number of rotatable bonds is 5. The molecule has 0 saturated carbocycles. The highest BCUT2D eigenvalue weighted by Crippen LogP contribution is 2.31. The summed E-state index contributed by atoms with van der Waals surface area (Å²) in [7, 11) is 5.48. The summed E-state index contributed by atoms with van der Waals surface area (Å²) in [5.41, 5.74) is 1.17. The number of alkyl halides is 3. The molecular formula is C17H24F3N5O. The van der Waals surface area contributed by atoms with Crippen molar-refractivity contribution in [3.63, 3.8) is 0 Å². The number of imidazole rings is 1. The van der Waals surface area contributed by atoms with Gasteiger partial charge in [0.15, 0.2) is 5.69 Å². The van der Waals surface area contributed by atoms with Gasteiger partial charge in [-0.05, 0) is 26.3 Å². The molecule has 9 heteroatoms. The lowest BCUT2D eigenvalue weighted by molar-refractivity contribution is -0.141. The number of aromatic nitrogens is 4. The first-order valence-electron chi connectivity index (χ1n) is 8.57. The second kappa shape index (κ2) is 6.94. The maximum absolute atomic E-state index is 12.8. The van der Waals surface area contributed by atoms with Crippen molar-refractivity contribution in [1.29, 1.82) is 0 Å². The number of aryl methyl sites for hydroxylation is 3. The molecular weight excluding hydrogens is 347 g/mol. The lowest BCUT2D eigenvalue weighted by Crippen LogP contribution is -2.31. The molecule has 1 aliphatic rings. The average molecular weight is 371 g/mol. The van der Waals surface area contributed by atoms with Crippen LogP contribution in [-0.2, 0) is 32.7 Å². The predicted molar refractivity (Wildman–Crippen MR) is 89.9 cm³/mol. The highest BCUT2D eigenvalue weighted by Gasteiger charge is 2.35. The van der Waals surface area contributed by atoms with Crippen molar-refractivity contribution in [2.75, 3.05) is 20.7 Å². The molecule has 1 aliphatic heterocycles. The van der Waals surface area contributed by atoms with E-state index in [0.717, 1.165) is 36.3 Å². The topological polar surface area (TPSA) is 48.1 Å². The highest BCUT2D eigenvalue weighted by atomic mass is 19.4. The van der Waals surface area contributed by atoms with Gasteiger partial charge in [0, 0.05) is 39.3 Å². The quantitative estimate of drug-likeness (QED) is 0.811. The van der Waals surface area contributed by atoms with Gasteiger partial charge in [-0.2, -0.15) is 18.3 Å². The first-order chi connectivity index (χ1) is 12.2.